The van der Waals surface area contributed by atoms with E-state index in [1.807, 2.05) is 53.2 Å². The number of nitrogens with two attached hydrogens (primary N) is 1. The fourth-order valence-electron chi connectivity index (χ4n) is 1.85. The maximum atomic E-state index is 5.73. The van der Waals surface area contributed by atoms with Crippen molar-refractivity contribution in [2.75, 3.05) is 5.73 Å². The van der Waals surface area contributed by atoms with Crippen LogP contribution in [-0.2, 0) is 6.61 Å². The summed E-state index contributed by atoms with van der Waals surface area (Å²) in [5, 5.41) is 0. The number of anilines is 1. The highest BCUT2D eigenvalue weighted by atomic mass is 79.9. The molecule has 0 fully saturated rings. The van der Waals surface area contributed by atoms with Crippen LogP contribution in [0.5, 0.6) is 5.75 Å². The Balaban J connectivity index is 1.78. The zero-order valence-electron chi connectivity index (χ0n) is 10.1. The predicted octanol–water partition coefficient (Wildman–Crippen LogP) is 3.26. The van der Waals surface area contributed by atoms with Gasteiger partial charge in [-0.05, 0) is 30.3 Å². The minimum atomic E-state index is 0.429. The van der Waals surface area contributed by atoms with Crippen LogP contribution in [0.3, 0.4) is 0 Å². The molecule has 0 amide bonds. The van der Waals surface area contributed by atoms with Crippen LogP contribution in [-0.4, -0.2) is 9.38 Å². The summed E-state index contributed by atoms with van der Waals surface area (Å²) < 4.78 is 8.59. The Morgan fingerprint density at radius 3 is 2.95 bits per heavy atom. The summed E-state index contributed by atoms with van der Waals surface area (Å²) in [5.74, 6) is 0.811. The minimum absolute atomic E-state index is 0.429. The van der Waals surface area contributed by atoms with E-state index in [0.717, 1.165) is 21.6 Å². The topological polar surface area (TPSA) is 52.5 Å². The highest BCUT2D eigenvalue weighted by Gasteiger charge is 2.03. The lowest BCUT2D eigenvalue weighted by Gasteiger charge is -2.03. The van der Waals surface area contributed by atoms with E-state index in [1.54, 1.807) is 0 Å². The van der Waals surface area contributed by atoms with Crippen LogP contribution < -0.4 is 10.5 Å². The van der Waals surface area contributed by atoms with Gasteiger partial charge in [-0.25, -0.2) is 4.98 Å². The van der Waals surface area contributed by atoms with Crippen molar-refractivity contribution in [2.24, 2.45) is 0 Å². The third-order valence-electron chi connectivity index (χ3n) is 2.71. The zero-order valence-corrected chi connectivity index (χ0v) is 11.7. The molecule has 3 aromatic rings. The smallest absolute Gasteiger partial charge is 0.137 e. The molecule has 0 unspecified atom stereocenters. The van der Waals surface area contributed by atoms with Gasteiger partial charge in [0.05, 0.1) is 5.69 Å². The van der Waals surface area contributed by atoms with E-state index in [9.17, 15) is 0 Å². The molecule has 0 bridgehead atoms. The van der Waals surface area contributed by atoms with Gasteiger partial charge in [-0.1, -0.05) is 22.0 Å². The fourth-order valence-corrected chi connectivity index (χ4v) is 2.22. The molecule has 0 spiro atoms. The van der Waals surface area contributed by atoms with Crippen molar-refractivity contribution >= 4 is 27.3 Å². The van der Waals surface area contributed by atoms with Crippen molar-refractivity contribution in [3.63, 3.8) is 0 Å². The fraction of sp³-hybridized carbons (Fsp3) is 0.0714. The maximum absolute atomic E-state index is 5.73. The van der Waals surface area contributed by atoms with E-state index in [0.29, 0.717) is 12.3 Å². The van der Waals surface area contributed by atoms with Gasteiger partial charge in [0.2, 0.25) is 0 Å². The number of benzene rings is 1. The summed E-state index contributed by atoms with van der Waals surface area (Å²) in [4.78, 5) is 4.46. The van der Waals surface area contributed by atoms with Crippen molar-refractivity contribution in [3.05, 3.63) is 59.0 Å². The van der Waals surface area contributed by atoms with Gasteiger partial charge in [0.1, 0.15) is 18.0 Å². The Kier molecular flexibility index (Phi) is 3.13. The second-order valence-electron chi connectivity index (χ2n) is 4.21. The quantitative estimate of drug-likeness (QED) is 0.806. The van der Waals surface area contributed by atoms with Crippen molar-refractivity contribution in [3.8, 4) is 5.75 Å². The van der Waals surface area contributed by atoms with E-state index in [4.69, 9.17) is 10.5 Å². The lowest BCUT2D eigenvalue weighted by atomic mass is 10.3. The number of hydrogen-bond donors (Lipinski definition) is 1. The number of fused-ring (bicyclic) bond motifs is 1. The number of nitrogen functional groups attached to an aromatic ring is 1. The maximum Gasteiger partial charge on any atom is 0.137 e. The number of pyridine rings is 1. The van der Waals surface area contributed by atoms with Crippen LogP contribution in [0.1, 0.15) is 5.69 Å². The van der Waals surface area contributed by atoms with Gasteiger partial charge in [-0.3, -0.25) is 0 Å². The van der Waals surface area contributed by atoms with E-state index in [-0.39, 0.29) is 0 Å². The lowest BCUT2D eigenvalue weighted by molar-refractivity contribution is 0.302. The van der Waals surface area contributed by atoms with Gasteiger partial charge in [-0.15, -0.1) is 0 Å². The largest absolute Gasteiger partial charge is 0.487 e. The number of rotatable bonds is 3. The van der Waals surface area contributed by atoms with E-state index in [2.05, 4.69) is 20.9 Å². The lowest BCUT2D eigenvalue weighted by Crippen LogP contribution is -1.95. The molecule has 0 atom stereocenters. The Morgan fingerprint density at radius 2 is 2.11 bits per heavy atom. The van der Waals surface area contributed by atoms with Crippen LogP contribution in [0.25, 0.3) is 5.65 Å². The third-order valence-corrected chi connectivity index (χ3v) is 3.20. The van der Waals surface area contributed by atoms with Crippen LogP contribution in [0.4, 0.5) is 5.69 Å². The molecule has 0 saturated heterocycles. The molecule has 1 aromatic carbocycles. The first-order valence-corrected chi connectivity index (χ1v) is 6.61. The third kappa shape index (κ3) is 2.71. The summed E-state index contributed by atoms with van der Waals surface area (Å²) in [6, 6.07) is 11.5. The second kappa shape index (κ2) is 4.93. The average Bonchev–Trinajstić information content (AvgIpc) is 2.78. The molecule has 2 N–H and O–H groups in total. The second-order valence-corrected chi connectivity index (χ2v) is 5.12. The van der Waals surface area contributed by atoms with E-state index in [1.165, 1.54) is 0 Å². The zero-order chi connectivity index (χ0) is 13.2. The molecule has 4 nitrogen and oxygen atoms in total. The Bertz CT molecular complexity index is 724. The van der Waals surface area contributed by atoms with Gasteiger partial charge in [0, 0.05) is 22.6 Å². The molecule has 19 heavy (non-hydrogen) atoms. The van der Waals surface area contributed by atoms with Crippen LogP contribution in [0, 0.1) is 0 Å². The van der Waals surface area contributed by atoms with Gasteiger partial charge in [-0.2, -0.15) is 0 Å². The van der Waals surface area contributed by atoms with Crippen molar-refractivity contribution < 1.29 is 4.74 Å². The van der Waals surface area contributed by atoms with Crippen LogP contribution >= 0.6 is 15.9 Å². The number of nitrogens with zero attached hydrogens (tertiary/aromatic N) is 2. The van der Waals surface area contributed by atoms with Crippen LogP contribution in [0.15, 0.2) is 53.3 Å². The molecule has 0 aliphatic rings. The normalized spacial score (nSPS) is 10.8. The summed E-state index contributed by atoms with van der Waals surface area (Å²) in [6.07, 6.45) is 3.76. The molecule has 2 aromatic heterocycles. The first-order chi connectivity index (χ1) is 9.20. The summed E-state index contributed by atoms with van der Waals surface area (Å²) in [6.45, 7) is 0.429. The van der Waals surface area contributed by atoms with Gasteiger partial charge < -0.3 is 14.9 Å². The minimum Gasteiger partial charge on any atom is -0.487 e. The molecular weight excluding hydrogens is 306 g/mol. The summed E-state index contributed by atoms with van der Waals surface area (Å²) >= 11 is 3.41. The standard InChI is InChI=1S/C14H12BrN3O/c15-10-2-1-3-13(6-10)19-9-12-8-18-7-11(16)4-5-14(18)17-12/h1-8H,9,16H2. The molecule has 2 heterocycles. The highest BCUT2D eigenvalue weighted by Crippen LogP contribution is 2.19. The van der Waals surface area contributed by atoms with Crippen LogP contribution in [0.2, 0.25) is 0 Å². The molecule has 0 saturated carbocycles. The Morgan fingerprint density at radius 1 is 1.21 bits per heavy atom. The predicted molar refractivity (Wildman–Crippen MR) is 78.1 cm³/mol. The molecule has 0 radical (unpaired) electrons. The first kappa shape index (κ1) is 12.0. The number of ether oxygens (including phenoxy) is 1. The number of aromatic nitrogens is 2. The van der Waals surface area contributed by atoms with Gasteiger partial charge in [0.15, 0.2) is 0 Å². The molecule has 0 aliphatic heterocycles. The molecule has 0 aliphatic carbocycles. The van der Waals surface area contributed by atoms with Gasteiger partial charge in [0.25, 0.3) is 0 Å². The van der Waals surface area contributed by atoms with Crippen molar-refractivity contribution in [2.45, 2.75) is 6.61 Å². The summed E-state index contributed by atoms with van der Waals surface area (Å²) in [5.41, 5.74) is 8.17. The Labute approximate surface area is 119 Å². The number of hydrogen-bond acceptors (Lipinski definition) is 3. The summed E-state index contributed by atoms with van der Waals surface area (Å²) in [7, 11) is 0. The molecule has 96 valence electrons. The monoisotopic (exact) mass is 317 g/mol. The van der Waals surface area contributed by atoms with Crippen molar-refractivity contribution in [1.82, 2.24) is 9.38 Å². The Hall–Kier alpha value is -2.01. The molecular formula is C14H12BrN3O. The highest BCUT2D eigenvalue weighted by molar-refractivity contribution is 9.10. The van der Waals surface area contributed by atoms with Gasteiger partial charge >= 0.3 is 0 Å². The average molecular weight is 318 g/mol. The SMILES string of the molecule is Nc1ccc2nc(COc3cccc(Br)c3)cn2c1. The van der Waals surface area contributed by atoms with Crippen molar-refractivity contribution in [1.29, 1.82) is 0 Å². The van der Waals surface area contributed by atoms with E-state index < -0.39 is 0 Å². The van der Waals surface area contributed by atoms with E-state index >= 15 is 0 Å². The first-order valence-electron chi connectivity index (χ1n) is 5.82. The molecule has 5 heteroatoms. The molecule has 3 rings (SSSR count). The number of imidazole rings is 1. The number of halogens is 1.